The van der Waals surface area contributed by atoms with E-state index in [9.17, 15) is 4.79 Å². The van der Waals surface area contributed by atoms with Crippen molar-refractivity contribution in [3.05, 3.63) is 53.9 Å². The number of carbonyl (C=O) groups is 1. The summed E-state index contributed by atoms with van der Waals surface area (Å²) in [5.41, 5.74) is 2.28. The van der Waals surface area contributed by atoms with Crippen molar-refractivity contribution in [2.24, 2.45) is 0 Å². The van der Waals surface area contributed by atoms with Crippen LogP contribution in [0, 0.1) is 0 Å². The molecule has 2 aromatic rings. The molecule has 0 fully saturated rings. The van der Waals surface area contributed by atoms with Crippen molar-refractivity contribution >= 4 is 5.91 Å². The smallest absolute Gasteiger partial charge is 0.220 e. The van der Waals surface area contributed by atoms with E-state index < -0.39 is 0 Å². The first-order valence-electron chi connectivity index (χ1n) is 6.80. The molecular weight excluding hydrogens is 252 g/mol. The summed E-state index contributed by atoms with van der Waals surface area (Å²) in [6.45, 7) is 0.663. The molecule has 1 amide bonds. The van der Waals surface area contributed by atoms with Gasteiger partial charge in [-0.2, -0.15) is 0 Å². The second-order valence-electron chi connectivity index (χ2n) is 4.64. The lowest BCUT2D eigenvalue weighted by molar-refractivity contribution is -0.121. The van der Waals surface area contributed by atoms with Crippen LogP contribution in [0.3, 0.4) is 0 Å². The van der Waals surface area contributed by atoms with Gasteiger partial charge in [-0.3, -0.25) is 4.79 Å². The Bertz CT molecular complexity index is 518. The molecule has 2 rings (SSSR count). The Kier molecular flexibility index (Phi) is 5.24. The lowest BCUT2D eigenvalue weighted by atomic mass is 10.1. The molecule has 0 aliphatic heterocycles. The third-order valence-corrected chi connectivity index (χ3v) is 3.18. The molecular formula is C16H20N2O2. The Morgan fingerprint density at radius 3 is 2.65 bits per heavy atom. The largest absolute Gasteiger partial charge is 0.497 e. The minimum Gasteiger partial charge on any atom is -0.497 e. The van der Waals surface area contributed by atoms with Crippen molar-refractivity contribution in [1.82, 2.24) is 10.3 Å². The summed E-state index contributed by atoms with van der Waals surface area (Å²) in [5.74, 6) is 0.942. The number of hydrogen-bond acceptors (Lipinski definition) is 2. The maximum Gasteiger partial charge on any atom is 0.220 e. The first-order valence-corrected chi connectivity index (χ1v) is 6.80. The van der Waals surface area contributed by atoms with E-state index in [-0.39, 0.29) is 5.91 Å². The zero-order valence-electron chi connectivity index (χ0n) is 11.7. The molecule has 1 aromatic heterocycles. The molecule has 1 aromatic carbocycles. The number of carbonyl (C=O) groups excluding carboxylic acids is 1. The fraction of sp³-hybridized carbons (Fsp3) is 0.312. The van der Waals surface area contributed by atoms with Crippen LogP contribution in [0.15, 0.2) is 42.6 Å². The van der Waals surface area contributed by atoms with Gasteiger partial charge in [-0.25, -0.2) is 0 Å². The highest BCUT2D eigenvalue weighted by Crippen LogP contribution is 2.11. The zero-order chi connectivity index (χ0) is 14.2. The molecule has 0 bridgehead atoms. The van der Waals surface area contributed by atoms with Crippen molar-refractivity contribution in [1.29, 1.82) is 0 Å². The number of H-pyrrole nitrogens is 1. The van der Waals surface area contributed by atoms with E-state index in [2.05, 4.69) is 10.3 Å². The van der Waals surface area contributed by atoms with E-state index in [4.69, 9.17) is 4.74 Å². The predicted molar refractivity (Wildman–Crippen MR) is 78.8 cm³/mol. The van der Waals surface area contributed by atoms with Gasteiger partial charge in [-0.15, -0.1) is 0 Å². The standard InChI is InChI=1S/C16H20N2O2/c1-20-15-7-4-13(5-8-15)10-12-18-16(19)9-6-14-3-2-11-17-14/h2-5,7-8,11,17H,6,9-10,12H2,1H3,(H,18,19). The normalized spacial score (nSPS) is 10.2. The fourth-order valence-corrected chi connectivity index (χ4v) is 2.00. The molecule has 0 aliphatic rings. The second-order valence-corrected chi connectivity index (χ2v) is 4.64. The van der Waals surface area contributed by atoms with Gasteiger partial charge in [-0.1, -0.05) is 12.1 Å². The van der Waals surface area contributed by atoms with Crippen molar-refractivity contribution in [3.63, 3.8) is 0 Å². The van der Waals surface area contributed by atoms with E-state index in [1.807, 2.05) is 42.6 Å². The number of benzene rings is 1. The van der Waals surface area contributed by atoms with Crippen LogP contribution in [-0.2, 0) is 17.6 Å². The van der Waals surface area contributed by atoms with Crippen LogP contribution in [0.25, 0.3) is 0 Å². The molecule has 0 spiro atoms. The molecule has 0 unspecified atom stereocenters. The van der Waals surface area contributed by atoms with Gasteiger partial charge in [0.15, 0.2) is 0 Å². The summed E-state index contributed by atoms with van der Waals surface area (Å²) < 4.78 is 5.11. The maximum atomic E-state index is 11.7. The summed E-state index contributed by atoms with van der Waals surface area (Å²) in [6.07, 6.45) is 3.97. The zero-order valence-corrected chi connectivity index (χ0v) is 11.7. The van der Waals surface area contributed by atoms with Crippen LogP contribution < -0.4 is 10.1 Å². The molecule has 4 heteroatoms. The molecule has 0 aliphatic carbocycles. The van der Waals surface area contributed by atoms with Crippen LogP contribution in [0.1, 0.15) is 17.7 Å². The average molecular weight is 272 g/mol. The van der Waals surface area contributed by atoms with E-state index >= 15 is 0 Å². The molecule has 106 valence electrons. The summed E-state index contributed by atoms with van der Waals surface area (Å²) in [6, 6.07) is 11.8. The summed E-state index contributed by atoms with van der Waals surface area (Å²) >= 11 is 0. The number of aromatic amines is 1. The number of amides is 1. The third kappa shape index (κ3) is 4.46. The Balaban J connectivity index is 1.65. The van der Waals surface area contributed by atoms with Gasteiger partial charge in [0.25, 0.3) is 0 Å². The number of ether oxygens (including phenoxy) is 1. The number of methoxy groups -OCH3 is 1. The Hall–Kier alpha value is -2.23. The molecule has 2 N–H and O–H groups in total. The van der Waals surface area contributed by atoms with Gasteiger partial charge < -0.3 is 15.0 Å². The minimum absolute atomic E-state index is 0.0908. The van der Waals surface area contributed by atoms with Gasteiger partial charge >= 0.3 is 0 Å². The lowest BCUT2D eigenvalue weighted by Gasteiger charge is -2.06. The molecule has 0 radical (unpaired) electrons. The highest BCUT2D eigenvalue weighted by Gasteiger charge is 2.02. The highest BCUT2D eigenvalue weighted by atomic mass is 16.5. The predicted octanol–water partition coefficient (Wildman–Crippen LogP) is 2.31. The van der Waals surface area contributed by atoms with Gasteiger partial charge in [0, 0.05) is 24.9 Å². The summed E-state index contributed by atoms with van der Waals surface area (Å²) in [7, 11) is 1.65. The van der Waals surface area contributed by atoms with Crippen LogP contribution in [-0.4, -0.2) is 24.5 Å². The van der Waals surface area contributed by atoms with Crippen molar-refractivity contribution < 1.29 is 9.53 Å². The fourth-order valence-electron chi connectivity index (χ4n) is 2.00. The van der Waals surface area contributed by atoms with E-state index in [0.29, 0.717) is 13.0 Å². The quantitative estimate of drug-likeness (QED) is 0.812. The topological polar surface area (TPSA) is 54.1 Å². The van der Waals surface area contributed by atoms with Crippen LogP contribution in [0.4, 0.5) is 0 Å². The Morgan fingerprint density at radius 2 is 2.00 bits per heavy atom. The number of aromatic nitrogens is 1. The summed E-state index contributed by atoms with van der Waals surface area (Å²) in [4.78, 5) is 14.8. The van der Waals surface area contributed by atoms with E-state index in [1.54, 1.807) is 7.11 Å². The Morgan fingerprint density at radius 1 is 1.20 bits per heavy atom. The second kappa shape index (κ2) is 7.38. The monoisotopic (exact) mass is 272 g/mol. The van der Waals surface area contributed by atoms with Crippen molar-refractivity contribution in [3.8, 4) is 5.75 Å². The molecule has 0 saturated heterocycles. The van der Waals surface area contributed by atoms with Crippen LogP contribution >= 0.6 is 0 Å². The molecule has 1 heterocycles. The van der Waals surface area contributed by atoms with Gasteiger partial charge in [0.2, 0.25) is 5.91 Å². The molecule has 0 atom stereocenters. The number of hydrogen-bond donors (Lipinski definition) is 2. The third-order valence-electron chi connectivity index (χ3n) is 3.18. The lowest BCUT2D eigenvalue weighted by Crippen LogP contribution is -2.25. The molecule has 20 heavy (non-hydrogen) atoms. The van der Waals surface area contributed by atoms with Gasteiger partial charge in [-0.05, 0) is 42.7 Å². The van der Waals surface area contributed by atoms with E-state index in [1.165, 1.54) is 5.56 Å². The van der Waals surface area contributed by atoms with Crippen molar-refractivity contribution in [2.45, 2.75) is 19.3 Å². The summed E-state index contributed by atoms with van der Waals surface area (Å²) in [5, 5.41) is 2.94. The first kappa shape index (κ1) is 14.2. The van der Waals surface area contributed by atoms with Gasteiger partial charge in [0.05, 0.1) is 7.11 Å². The maximum absolute atomic E-state index is 11.7. The molecule has 4 nitrogen and oxygen atoms in total. The number of rotatable bonds is 7. The van der Waals surface area contributed by atoms with E-state index in [0.717, 1.165) is 24.3 Å². The average Bonchev–Trinajstić information content (AvgIpc) is 2.99. The SMILES string of the molecule is COc1ccc(CCNC(=O)CCc2ccc[nH]2)cc1. The van der Waals surface area contributed by atoms with Crippen molar-refractivity contribution in [2.75, 3.05) is 13.7 Å². The number of aryl methyl sites for hydroxylation is 1. The Labute approximate surface area is 119 Å². The number of nitrogens with one attached hydrogen (secondary N) is 2. The van der Waals surface area contributed by atoms with Gasteiger partial charge in [0.1, 0.15) is 5.75 Å². The van der Waals surface area contributed by atoms with Crippen LogP contribution in [0.5, 0.6) is 5.75 Å². The van der Waals surface area contributed by atoms with Crippen LogP contribution in [0.2, 0.25) is 0 Å². The molecule has 0 saturated carbocycles. The minimum atomic E-state index is 0.0908. The highest BCUT2D eigenvalue weighted by molar-refractivity contribution is 5.76. The first-order chi connectivity index (χ1) is 9.78.